The lowest BCUT2D eigenvalue weighted by molar-refractivity contribution is -0.196. The molecule has 0 unspecified atom stereocenters. The summed E-state index contributed by atoms with van der Waals surface area (Å²) < 4.78 is 0.866. The van der Waals surface area contributed by atoms with Crippen LogP contribution in [0.5, 0.6) is 0 Å². The number of aliphatic hydroxyl groups is 2. The molecule has 0 spiro atoms. The summed E-state index contributed by atoms with van der Waals surface area (Å²) in [5, 5.41) is 26.4. The zero-order chi connectivity index (χ0) is 20.7. The average Bonchev–Trinajstić information content (AvgIpc) is 2.69. The molecule has 0 aliphatic heterocycles. The van der Waals surface area contributed by atoms with Crippen molar-refractivity contribution in [3.8, 4) is 0 Å². The molecule has 1 amide bonds. The quantitative estimate of drug-likeness (QED) is 0.487. The fraction of sp³-hybridized carbons (Fsp3) is 0.435. The number of nitrogens with one attached hydrogen (secondary N) is 2. The van der Waals surface area contributed by atoms with Gasteiger partial charge in [0.15, 0.2) is 0 Å². The van der Waals surface area contributed by atoms with Crippen LogP contribution in [-0.2, 0) is 12.5 Å². The summed E-state index contributed by atoms with van der Waals surface area (Å²) in [5.41, 5.74) is 1.84. The Morgan fingerprint density at radius 3 is 2.14 bits per heavy atom. The van der Waals surface area contributed by atoms with Gasteiger partial charge in [-0.1, -0.05) is 72.3 Å². The van der Waals surface area contributed by atoms with Crippen molar-refractivity contribution in [1.82, 2.24) is 10.6 Å². The van der Waals surface area contributed by atoms with Crippen LogP contribution >= 0.6 is 15.9 Å². The maximum absolute atomic E-state index is 12.5. The molecule has 2 aromatic rings. The Morgan fingerprint density at radius 2 is 1.52 bits per heavy atom. The molecule has 0 atom stereocenters. The zero-order valence-corrected chi connectivity index (χ0v) is 18.1. The van der Waals surface area contributed by atoms with Gasteiger partial charge in [0.25, 0.3) is 11.8 Å². The highest BCUT2D eigenvalue weighted by Crippen LogP contribution is 2.20. The second kappa shape index (κ2) is 10.3. The van der Waals surface area contributed by atoms with Crippen molar-refractivity contribution < 1.29 is 15.0 Å². The maximum Gasteiger partial charge on any atom is 0.251 e. The first-order chi connectivity index (χ1) is 13.9. The molecule has 4 N–H and O–H groups in total. The van der Waals surface area contributed by atoms with Gasteiger partial charge >= 0.3 is 0 Å². The SMILES string of the molecule is O=C(NC1CCCCCCC1)c1ccc(CNC(O)(O)c2ccc(Br)cc2)cc1. The van der Waals surface area contributed by atoms with Crippen molar-refractivity contribution in [3.63, 3.8) is 0 Å². The van der Waals surface area contributed by atoms with Gasteiger partial charge in [-0.2, -0.15) is 0 Å². The second-order valence-corrected chi connectivity index (χ2v) is 8.66. The molecular formula is C23H29BrN2O3. The number of amides is 1. The zero-order valence-electron chi connectivity index (χ0n) is 16.5. The van der Waals surface area contributed by atoms with E-state index < -0.39 is 5.91 Å². The van der Waals surface area contributed by atoms with E-state index >= 15 is 0 Å². The van der Waals surface area contributed by atoms with Gasteiger partial charge in [-0.3, -0.25) is 10.1 Å². The first-order valence-corrected chi connectivity index (χ1v) is 11.1. The Hall–Kier alpha value is -1.73. The monoisotopic (exact) mass is 460 g/mol. The second-order valence-electron chi connectivity index (χ2n) is 7.75. The van der Waals surface area contributed by atoms with E-state index in [1.165, 1.54) is 32.1 Å². The molecule has 29 heavy (non-hydrogen) atoms. The van der Waals surface area contributed by atoms with Crippen LogP contribution in [0.1, 0.15) is 66.4 Å². The van der Waals surface area contributed by atoms with Gasteiger partial charge in [-0.15, -0.1) is 0 Å². The van der Waals surface area contributed by atoms with Crippen molar-refractivity contribution in [1.29, 1.82) is 0 Å². The summed E-state index contributed by atoms with van der Waals surface area (Å²) in [4.78, 5) is 12.5. The van der Waals surface area contributed by atoms with Gasteiger partial charge < -0.3 is 15.5 Å². The van der Waals surface area contributed by atoms with Gasteiger partial charge in [0.1, 0.15) is 0 Å². The van der Waals surface area contributed by atoms with Crippen molar-refractivity contribution in [2.45, 2.75) is 63.4 Å². The van der Waals surface area contributed by atoms with Gasteiger partial charge in [0.2, 0.25) is 0 Å². The van der Waals surface area contributed by atoms with Gasteiger partial charge in [0, 0.05) is 28.2 Å². The van der Waals surface area contributed by atoms with E-state index in [-0.39, 0.29) is 18.5 Å². The van der Waals surface area contributed by atoms with Crippen LogP contribution in [0.25, 0.3) is 0 Å². The molecule has 0 bridgehead atoms. The molecule has 1 fully saturated rings. The van der Waals surface area contributed by atoms with Crippen LogP contribution < -0.4 is 10.6 Å². The van der Waals surface area contributed by atoms with Gasteiger partial charge in [0.05, 0.1) is 0 Å². The Labute approximate surface area is 180 Å². The molecule has 156 valence electrons. The van der Waals surface area contributed by atoms with Crippen molar-refractivity contribution in [3.05, 3.63) is 69.7 Å². The summed E-state index contributed by atoms with van der Waals surface area (Å²) in [6, 6.07) is 14.3. The average molecular weight is 461 g/mol. The molecule has 0 heterocycles. The summed E-state index contributed by atoms with van der Waals surface area (Å²) >= 11 is 3.33. The predicted octanol–water partition coefficient (Wildman–Crippen LogP) is 4.18. The number of carbonyl (C=O) groups excluding carboxylic acids is 1. The minimum atomic E-state index is -2.13. The minimum Gasteiger partial charge on any atom is -0.350 e. The highest BCUT2D eigenvalue weighted by Gasteiger charge is 2.25. The van der Waals surface area contributed by atoms with Crippen molar-refractivity contribution in [2.24, 2.45) is 0 Å². The number of benzene rings is 2. The van der Waals surface area contributed by atoms with Crippen LogP contribution in [0.2, 0.25) is 0 Å². The fourth-order valence-corrected chi connectivity index (χ4v) is 3.92. The Kier molecular flexibility index (Phi) is 7.84. The first kappa shape index (κ1) is 22.0. The third kappa shape index (κ3) is 6.64. The Balaban J connectivity index is 1.53. The third-order valence-electron chi connectivity index (χ3n) is 5.44. The molecule has 0 aromatic heterocycles. The summed E-state index contributed by atoms with van der Waals surface area (Å²) in [6.45, 7) is 0.258. The highest BCUT2D eigenvalue weighted by molar-refractivity contribution is 9.10. The number of rotatable bonds is 6. The van der Waals surface area contributed by atoms with Gasteiger partial charge in [-0.05, 0) is 42.7 Å². The predicted molar refractivity (Wildman–Crippen MR) is 117 cm³/mol. The molecule has 0 saturated heterocycles. The minimum absolute atomic E-state index is 0.0383. The van der Waals surface area contributed by atoms with Crippen LogP contribution in [0.15, 0.2) is 53.0 Å². The van der Waals surface area contributed by atoms with Crippen LogP contribution in [0.4, 0.5) is 0 Å². The molecule has 1 saturated carbocycles. The molecule has 5 nitrogen and oxygen atoms in total. The Bertz CT molecular complexity index is 783. The lowest BCUT2D eigenvalue weighted by Gasteiger charge is -2.23. The molecule has 2 aromatic carbocycles. The topological polar surface area (TPSA) is 81.6 Å². The van der Waals surface area contributed by atoms with Crippen LogP contribution in [-0.4, -0.2) is 22.2 Å². The molecule has 3 rings (SSSR count). The van der Waals surface area contributed by atoms with Crippen molar-refractivity contribution >= 4 is 21.8 Å². The standard InChI is InChI=1S/C23H29BrN2O3/c24-20-14-12-19(13-15-20)23(28,29)25-16-17-8-10-18(11-9-17)22(27)26-21-6-4-2-1-3-5-7-21/h8-15,21,25,28-29H,1-7,16H2,(H,26,27). The van der Waals surface area contributed by atoms with Crippen LogP contribution in [0, 0.1) is 0 Å². The third-order valence-corrected chi connectivity index (χ3v) is 5.97. The fourth-order valence-electron chi connectivity index (χ4n) is 3.65. The van der Waals surface area contributed by atoms with Gasteiger partial charge in [-0.25, -0.2) is 0 Å². The van der Waals surface area contributed by atoms with E-state index in [0.29, 0.717) is 11.1 Å². The van der Waals surface area contributed by atoms with Crippen LogP contribution in [0.3, 0.4) is 0 Å². The van der Waals surface area contributed by atoms with E-state index in [4.69, 9.17) is 0 Å². The highest BCUT2D eigenvalue weighted by atomic mass is 79.9. The smallest absolute Gasteiger partial charge is 0.251 e. The number of hydrogen-bond donors (Lipinski definition) is 4. The van der Waals surface area contributed by atoms with E-state index in [1.54, 1.807) is 36.4 Å². The summed E-state index contributed by atoms with van der Waals surface area (Å²) in [7, 11) is 0. The molecule has 0 radical (unpaired) electrons. The molecule has 6 heteroatoms. The Morgan fingerprint density at radius 1 is 0.931 bits per heavy atom. The molecule has 1 aliphatic rings. The van der Waals surface area contributed by atoms with E-state index in [2.05, 4.69) is 26.6 Å². The lowest BCUT2D eigenvalue weighted by Crippen LogP contribution is -2.41. The van der Waals surface area contributed by atoms with E-state index in [9.17, 15) is 15.0 Å². The maximum atomic E-state index is 12.5. The number of hydrogen-bond acceptors (Lipinski definition) is 4. The normalized spacial score (nSPS) is 16.1. The lowest BCUT2D eigenvalue weighted by atomic mass is 9.96. The van der Waals surface area contributed by atoms with E-state index in [1.807, 2.05) is 12.1 Å². The summed E-state index contributed by atoms with van der Waals surface area (Å²) in [6.07, 6.45) is 8.28. The van der Waals surface area contributed by atoms with Crippen molar-refractivity contribution in [2.75, 3.05) is 0 Å². The largest absolute Gasteiger partial charge is 0.350 e. The van der Waals surface area contributed by atoms with E-state index in [0.717, 1.165) is 22.9 Å². The molecule has 1 aliphatic carbocycles. The number of carbonyl (C=O) groups is 1. The summed E-state index contributed by atoms with van der Waals surface area (Å²) in [5.74, 6) is -2.17. The number of halogens is 1. The molecular weight excluding hydrogens is 432 g/mol. The first-order valence-electron chi connectivity index (χ1n) is 10.3.